The Balaban J connectivity index is 1.58. The summed E-state index contributed by atoms with van der Waals surface area (Å²) in [4.78, 5) is 4.84. The number of furan rings is 1. The lowest BCUT2D eigenvalue weighted by Gasteiger charge is -2.23. The van der Waals surface area contributed by atoms with Crippen LogP contribution >= 0.6 is 0 Å². The fourth-order valence-corrected chi connectivity index (χ4v) is 5.95. The monoisotopic (exact) mass is 443 g/mol. The van der Waals surface area contributed by atoms with E-state index in [0.717, 1.165) is 71.8 Å². The molecule has 6 aromatic rings. The zero-order chi connectivity index (χ0) is 23.2. The number of pyridine rings is 1. The Morgan fingerprint density at radius 2 is 1.65 bits per heavy atom. The van der Waals surface area contributed by atoms with Crippen molar-refractivity contribution in [2.75, 3.05) is 0 Å². The van der Waals surface area contributed by atoms with Crippen LogP contribution in [0, 0.1) is 12.7 Å². The second kappa shape index (κ2) is 6.54. The van der Waals surface area contributed by atoms with E-state index in [-0.39, 0.29) is 11.2 Å². The summed E-state index contributed by atoms with van der Waals surface area (Å²) in [6.45, 7) is 6.47. The maximum Gasteiger partial charge on any atom is 0.144 e. The second-order valence-corrected chi connectivity index (χ2v) is 9.82. The minimum atomic E-state index is -0.313. The lowest BCUT2D eigenvalue weighted by atomic mass is 9.80. The van der Waals surface area contributed by atoms with Crippen LogP contribution < -0.4 is 0 Å². The third-order valence-electron chi connectivity index (χ3n) is 7.40. The largest absolute Gasteiger partial charge is 0.455 e. The molecule has 0 atom stereocenters. The SMILES string of the molecule is Cc1cc(-c2nccc3c4c(ccc23)-c2c(F)cccc2C4(C)C)c2oc3ccccc3c2c1. The fraction of sp³-hybridized carbons (Fsp3) is 0.129. The number of aryl methyl sites for hydroxylation is 1. The molecule has 0 saturated heterocycles. The molecule has 0 unspecified atom stereocenters. The molecular formula is C31H22FNO. The van der Waals surface area contributed by atoms with E-state index in [4.69, 9.17) is 9.40 Å². The number of aromatic nitrogens is 1. The minimum absolute atomic E-state index is 0.166. The number of rotatable bonds is 1. The molecule has 0 aliphatic heterocycles. The number of nitrogens with zero attached hydrogens (tertiary/aromatic N) is 1. The first kappa shape index (κ1) is 19.5. The first-order chi connectivity index (χ1) is 16.4. The van der Waals surface area contributed by atoms with Gasteiger partial charge < -0.3 is 4.42 Å². The van der Waals surface area contributed by atoms with Crippen molar-refractivity contribution >= 4 is 32.7 Å². The number of hydrogen-bond donors (Lipinski definition) is 0. The van der Waals surface area contributed by atoms with Gasteiger partial charge in [0.1, 0.15) is 17.0 Å². The van der Waals surface area contributed by atoms with E-state index < -0.39 is 0 Å². The van der Waals surface area contributed by atoms with Crippen molar-refractivity contribution < 1.29 is 8.81 Å². The Morgan fingerprint density at radius 3 is 2.53 bits per heavy atom. The van der Waals surface area contributed by atoms with Crippen LogP contribution in [0.4, 0.5) is 4.39 Å². The van der Waals surface area contributed by atoms with E-state index in [1.54, 1.807) is 6.07 Å². The molecule has 0 saturated carbocycles. The molecule has 34 heavy (non-hydrogen) atoms. The van der Waals surface area contributed by atoms with Crippen LogP contribution in [0.15, 0.2) is 83.4 Å². The minimum Gasteiger partial charge on any atom is -0.455 e. The molecule has 7 rings (SSSR count). The van der Waals surface area contributed by atoms with Gasteiger partial charge >= 0.3 is 0 Å². The molecule has 1 aliphatic carbocycles. The number of fused-ring (bicyclic) bond motifs is 8. The van der Waals surface area contributed by atoms with Gasteiger partial charge in [-0.3, -0.25) is 4.98 Å². The summed E-state index contributed by atoms with van der Waals surface area (Å²) >= 11 is 0. The first-order valence-corrected chi connectivity index (χ1v) is 11.6. The maximum atomic E-state index is 15.0. The maximum absolute atomic E-state index is 15.0. The lowest BCUT2D eigenvalue weighted by molar-refractivity contribution is 0.621. The molecule has 3 heteroatoms. The summed E-state index contributed by atoms with van der Waals surface area (Å²) in [6, 6.07) is 24.1. The number of halogens is 1. The van der Waals surface area contributed by atoms with Gasteiger partial charge in [-0.15, -0.1) is 0 Å². The van der Waals surface area contributed by atoms with E-state index in [0.29, 0.717) is 0 Å². The molecule has 0 radical (unpaired) electrons. The van der Waals surface area contributed by atoms with Crippen molar-refractivity contribution in [2.24, 2.45) is 0 Å². The summed E-state index contributed by atoms with van der Waals surface area (Å²) in [6.07, 6.45) is 1.87. The Kier molecular flexibility index (Phi) is 3.75. The van der Waals surface area contributed by atoms with Crippen molar-refractivity contribution in [3.05, 3.63) is 102 Å². The summed E-state index contributed by atoms with van der Waals surface area (Å²) in [7, 11) is 0. The van der Waals surface area contributed by atoms with E-state index in [9.17, 15) is 4.39 Å². The molecule has 2 aromatic heterocycles. The first-order valence-electron chi connectivity index (χ1n) is 11.6. The van der Waals surface area contributed by atoms with Gasteiger partial charge in [0.05, 0.1) is 5.69 Å². The summed E-state index contributed by atoms with van der Waals surface area (Å²) < 4.78 is 21.3. The van der Waals surface area contributed by atoms with Crippen molar-refractivity contribution in [2.45, 2.75) is 26.2 Å². The van der Waals surface area contributed by atoms with E-state index in [1.165, 1.54) is 0 Å². The van der Waals surface area contributed by atoms with Gasteiger partial charge in [0.25, 0.3) is 0 Å². The van der Waals surface area contributed by atoms with Gasteiger partial charge in [-0.05, 0) is 64.9 Å². The third kappa shape index (κ3) is 2.42. The van der Waals surface area contributed by atoms with Gasteiger partial charge in [-0.25, -0.2) is 4.39 Å². The highest BCUT2D eigenvalue weighted by Crippen LogP contribution is 2.52. The predicted molar refractivity (Wildman–Crippen MR) is 137 cm³/mol. The normalized spacial score (nSPS) is 14.1. The topological polar surface area (TPSA) is 26.0 Å². The standard InChI is InChI=1S/C31H22FNO/c1-17-15-22-18-7-4-5-10-26(18)34-30(22)23(16-17)29-20-11-12-21-27-24(8-6-9-25(27)32)31(2,3)28(21)19(20)13-14-33-29/h4-16H,1-3H3. The summed E-state index contributed by atoms with van der Waals surface area (Å²) in [5, 5.41) is 4.36. The molecule has 0 bridgehead atoms. The molecule has 164 valence electrons. The number of hydrogen-bond acceptors (Lipinski definition) is 2. The number of para-hydroxylation sites is 1. The molecule has 2 nitrogen and oxygen atoms in total. The van der Waals surface area contributed by atoms with E-state index in [1.807, 2.05) is 36.5 Å². The Bertz CT molecular complexity index is 1810. The highest BCUT2D eigenvalue weighted by atomic mass is 19.1. The second-order valence-electron chi connectivity index (χ2n) is 9.82. The lowest BCUT2D eigenvalue weighted by Crippen LogP contribution is -2.15. The Labute approximate surface area is 196 Å². The van der Waals surface area contributed by atoms with Gasteiger partial charge in [0, 0.05) is 38.9 Å². The van der Waals surface area contributed by atoms with Crippen molar-refractivity contribution in [3.8, 4) is 22.4 Å². The van der Waals surface area contributed by atoms with Crippen LogP contribution in [0.25, 0.3) is 55.1 Å². The average Bonchev–Trinajstić information content (AvgIpc) is 3.32. The zero-order valence-electron chi connectivity index (χ0n) is 19.2. The molecule has 0 spiro atoms. The molecule has 4 aromatic carbocycles. The molecule has 0 fully saturated rings. The van der Waals surface area contributed by atoms with Crippen LogP contribution in [0.1, 0.15) is 30.5 Å². The predicted octanol–water partition coefficient (Wildman–Crippen LogP) is 8.56. The van der Waals surface area contributed by atoms with Crippen molar-refractivity contribution in [3.63, 3.8) is 0 Å². The number of benzene rings is 4. The van der Waals surface area contributed by atoms with Gasteiger partial charge in [0.2, 0.25) is 0 Å². The average molecular weight is 444 g/mol. The molecular weight excluding hydrogens is 421 g/mol. The van der Waals surface area contributed by atoms with E-state index in [2.05, 4.69) is 57.2 Å². The van der Waals surface area contributed by atoms with Crippen LogP contribution in [0.3, 0.4) is 0 Å². The Hall–Kier alpha value is -3.98. The molecule has 2 heterocycles. The van der Waals surface area contributed by atoms with Crippen LogP contribution in [0.5, 0.6) is 0 Å². The van der Waals surface area contributed by atoms with Gasteiger partial charge in [-0.2, -0.15) is 0 Å². The summed E-state index contributed by atoms with van der Waals surface area (Å²) in [5.41, 5.74) is 8.31. The quantitative estimate of drug-likeness (QED) is 0.254. The van der Waals surface area contributed by atoms with Crippen LogP contribution in [0.2, 0.25) is 0 Å². The van der Waals surface area contributed by atoms with Gasteiger partial charge in [-0.1, -0.05) is 56.3 Å². The zero-order valence-corrected chi connectivity index (χ0v) is 19.2. The van der Waals surface area contributed by atoms with Gasteiger partial charge in [0.15, 0.2) is 0 Å². The third-order valence-corrected chi connectivity index (χ3v) is 7.40. The van der Waals surface area contributed by atoms with Crippen molar-refractivity contribution in [1.29, 1.82) is 0 Å². The molecule has 0 amide bonds. The highest BCUT2D eigenvalue weighted by Gasteiger charge is 2.38. The molecule has 0 N–H and O–H groups in total. The van der Waals surface area contributed by atoms with Crippen LogP contribution in [-0.4, -0.2) is 4.98 Å². The fourth-order valence-electron chi connectivity index (χ4n) is 5.95. The van der Waals surface area contributed by atoms with Crippen LogP contribution in [-0.2, 0) is 5.41 Å². The summed E-state index contributed by atoms with van der Waals surface area (Å²) in [5.74, 6) is -0.166. The Morgan fingerprint density at radius 1 is 0.794 bits per heavy atom. The van der Waals surface area contributed by atoms with Crippen molar-refractivity contribution in [1.82, 2.24) is 4.98 Å². The highest BCUT2D eigenvalue weighted by molar-refractivity contribution is 6.12. The smallest absolute Gasteiger partial charge is 0.144 e. The molecule has 1 aliphatic rings. The van der Waals surface area contributed by atoms with E-state index >= 15 is 0 Å².